The largest absolute Gasteiger partial charge is 0.381 e. The van der Waals surface area contributed by atoms with Crippen LogP contribution < -0.4 is 5.56 Å². The molecule has 8 heteroatoms. The summed E-state index contributed by atoms with van der Waals surface area (Å²) in [5.41, 5.74) is 0.437. The quantitative estimate of drug-likeness (QED) is 0.648. The molecule has 3 aromatic heterocycles. The molecule has 1 N–H and O–H groups in total. The van der Waals surface area contributed by atoms with E-state index in [2.05, 4.69) is 26.9 Å². The van der Waals surface area contributed by atoms with E-state index >= 15 is 0 Å². The number of aromatic amines is 1. The third-order valence-corrected chi connectivity index (χ3v) is 6.99. The minimum atomic E-state index is -0.0958. The summed E-state index contributed by atoms with van der Waals surface area (Å²) in [5.74, 6) is 4.13. The van der Waals surface area contributed by atoms with Crippen LogP contribution in [0.4, 0.5) is 0 Å². The Hall–Kier alpha value is -2.61. The fraction of sp³-hybridized carbons (Fsp3) is 0.609. The number of fused-ring (bicyclic) bond motifs is 1. The van der Waals surface area contributed by atoms with Crippen molar-refractivity contribution in [2.45, 2.75) is 63.7 Å². The van der Waals surface area contributed by atoms with E-state index in [9.17, 15) is 4.79 Å². The number of aromatic nitrogens is 6. The maximum absolute atomic E-state index is 12.8. The second-order valence-corrected chi connectivity index (χ2v) is 9.13. The minimum Gasteiger partial charge on any atom is -0.381 e. The molecule has 3 atom stereocenters. The van der Waals surface area contributed by atoms with Gasteiger partial charge in [0, 0.05) is 43.9 Å². The average molecular weight is 423 g/mol. The zero-order valence-electron chi connectivity index (χ0n) is 18.0. The molecule has 2 fully saturated rings. The fourth-order valence-corrected chi connectivity index (χ4v) is 5.34. The second kappa shape index (κ2) is 8.86. The molecule has 1 saturated heterocycles. The summed E-state index contributed by atoms with van der Waals surface area (Å²) >= 11 is 0. The number of imidazole rings is 1. The lowest BCUT2D eigenvalue weighted by Gasteiger charge is -2.23. The van der Waals surface area contributed by atoms with Gasteiger partial charge in [0.25, 0.3) is 5.56 Å². The molecule has 1 unspecified atom stereocenters. The number of hydrogen-bond donors (Lipinski definition) is 1. The van der Waals surface area contributed by atoms with Gasteiger partial charge in [-0.3, -0.25) is 4.79 Å². The smallest absolute Gasteiger partial charge is 0.276 e. The Morgan fingerprint density at radius 1 is 1.13 bits per heavy atom. The highest BCUT2D eigenvalue weighted by molar-refractivity contribution is 5.42. The van der Waals surface area contributed by atoms with Gasteiger partial charge >= 0.3 is 0 Å². The van der Waals surface area contributed by atoms with Crippen molar-refractivity contribution < 1.29 is 4.74 Å². The fourth-order valence-electron chi connectivity index (χ4n) is 5.34. The van der Waals surface area contributed by atoms with Crippen molar-refractivity contribution in [3.05, 3.63) is 52.5 Å². The first kappa shape index (κ1) is 20.3. The molecule has 0 amide bonds. The molecule has 0 radical (unpaired) electrons. The molecule has 1 aliphatic carbocycles. The number of nitrogens with one attached hydrogen (secondary N) is 1. The zero-order valence-corrected chi connectivity index (χ0v) is 18.0. The Labute approximate surface area is 181 Å². The van der Waals surface area contributed by atoms with Crippen molar-refractivity contribution in [3.8, 4) is 0 Å². The van der Waals surface area contributed by atoms with Gasteiger partial charge in [-0.2, -0.15) is 5.10 Å². The number of hydrogen-bond acceptors (Lipinski definition) is 6. The lowest BCUT2D eigenvalue weighted by atomic mass is 9.85. The summed E-state index contributed by atoms with van der Waals surface area (Å²) in [6.45, 7) is 3.76. The number of nitrogens with zero attached hydrogens (tertiary/aromatic N) is 5. The van der Waals surface area contributed by atoms with Gasteiger partial charge < -0.3 is 9.72 Å². The first-order valence-electron chi connectivity index (χ1n) is 11.5. The van der Waals surface area contributed by atoms with E-state index in [1.807, 2.05) is 18.5 Å². The average Bonchev–Trinajstić information content (AvgIpc) is 3.13. The Morgan fingerprint density at radius 2 is 1.94 bits per heavy atom. The van der Waals surface area contributed by atoms with E-state index in [1.54, 1.807) is 10.7 Å². The van der Waals surface area contributed by atoms with Crippen LogP contribution in [0.25, 0.3) is 5.52 Å². The van der Waals surface area contributed by atoms with E-state index in [4.69, 9.17) is 9.84 Å². The van der Waals surface area contributed by atoms with Gasteiger partial charge in [0.1, 0.15) is 17.5 Å². The maximum atomic E-state index is 12.8. The summed E-state index contributed by atoms with van der Waals surface area (Å²) in [6, 6.07) is 1.86. The summed E-state index contributed by atoms with van der Waals surface area (Å²) in [7, 11) is 0. The van der Waals surface area contributed by atoms with Crippen LogP contribution in [0, 0.1) is 11.8 Å². The highest BCUT2D eigenvalue weighted by atomic mass is 16.5. The standard InChI is InChI=1S/C23H30N6O2/c1-15-12-16(13-20-24-8-3-9-25-20)4-2-5-18(15)21-27-23(30)19-14-26-22(29(19)28-21)17-6-10-31-11-7-17/h3,8-9,14-18H,2,4-7,10-13H2,1H3,(H,27,28,30)/t15-,16?,18-/m0/s1. The molecule has 2 aliphatic rings. The van der Waals surface area contributed by atoms with Crippen LogP contribution in [0.2, 0.25) is 0 Å². The summed E-state index contributed by atoms with van der Waals surface area (Å²) in [5, 5.41) is 4.93. The molecule has 0 spiro atoms. The summed E-state index contributed by atoms with van der Waals surface area (Å²) < 4.78 is 7.30. The Bertz CT molecular complexity index is 1070. The molecule has 4 heterocycles. The third-order valence-electron chi connectivity index (χ3n) is 6.99. The maximum Gasteiger partial charge on any atom is 0.276 e. The molecule has 5 rings (SSSR count). The van der Waals surface area contributed by atoms with Crippen LogP contribution in [0.3, 0.4) is 0 Å². The van der Waals surface area contributed by atoms with E-state index in [1.165, 1.54) is 0 Å². The van der Waals surface area contributed by atoms with Crippen LogP contribution in [-0.2, 0) is 11.2 Å². The topological polar surface area (TPSA) is 98.1 Å². The van der Waals surface area contributed by atoms with Crippen LogP contribution in [0.1, 0.15) is 74.8 Å². The van der Waals surface area contributed by atoms with E-state index in [0.717, 1.165) is 75.6 Å². The van der Waals surface area contributed by atoms with E-state index < -0.39 is 0 Å². The van der Waals surface area contributed by atoms with Gasteiger partial charge in [0.2, 0.25) is 0 Å². The monoisotopic (exact) mass is 422 g/mol. The number of H-pyrrole nitrogens is 1. The van der Waals surface area contributed by atoms with Crippen LogP contribution >= 0.6 is 0 Å². The van der Waals surface area contributed by atoms with Crippen molar-refractivity contribution >= 4 is 5.52 Å². The molecule has 8 nitrogen and oxygen atoms in total. The Balaban J connectivity index is 1.40. The lowest BCUT2D eigenvalue weighted by molar-refractivity contribution is 0.0832. The molecule has 164 valence electrons. The molecule has 31 heavy (non-hydrogen) atoms. The molecular formula is C23H30N6O2. The predicted octanol–water partition coefficient (Wildman–Crippen LogP) is 3.25. The zero-order chi connectivity index (χ0) is 21.2. The third kappa shape index (κ3) is 4.26. The van der Waals surface area contributed by atoms with Crippen molar-refractivity contribution in [2.24, 2.45) is 11.8 Å². The summed E-state index contributed by atoms with van der Waals surface area (Å²) in [6.07, 6.45) is 12.4. The molecular weight excluding hydrogens is 392 g/mol. The van der Waals surface area contributed by atoms with Crippen LogP contribution in [0.5, 0.6) is 0 Å². The first-order valence-corrected chi connectivity index (χ1v) is 11.5. The van der Waals surface area contributed by atoms with Crippen LogP contribution in [-0.4, -0.2) is 42.8 Å². The number of rotatable bonds is 4. The van der Waals surface area contributed by atoms with E-state index in [-0.39, 0.29) is 11.5 Å². The molecule has 1 aliphatic heterocycles. The highest BCUT2D eigenvalue weighted by Crippen LogP contribution is 2.38. The van der Waals surface area contributed by atoms with Gasteiger partial charge in [0.05, 0.1) is 6.20 Å². The number of ether oxygens (including phenoxy) is 1. The Kier molecular flexibility index (Phi) is 5.80. The first-order chi connectivity index (χ1) is 15.2. The molecule has 0 bridgehead atoms. The van der Waals surface area contributed by atoms with Crippen molar-refractivity contribution in [3.63, 3.8) is 0 Å². The van der Waals surface area contributed by atoms with Crippen molar-refractivity contribution in [1.29, 1.82) is 0 Å². The van der Waals surface area contributed by atoms with Gasteiger partial charge in [-0.1, -0.05) is 13.3 Å². The molecule has 0 aromatic carbocycles. The lowest BCUT2D eigenvalue weighted by Crippen LogP contribution is -2.24. The Morgan fingerprint density at radius 3 is 2.74 bits per heavy atom. The predicted molar refractivity (Wildman–Crippen MR) is 116 cm³/mol. The second-order valence-electron chi connectivity index (χ2n) is 9.13. The molecule has 3 aromatic rings. The van der Waals surface area contributed by atoms with Gasteiger partial charge in [0.15, 0.2) is 5.52 Å². The molecule has 1 saturated carbocycles. The van der Waals surface area contributed by atoms with E-state index in [0.29, 0.717) is 23.3 Å². The normalized spacial score (nSPS) is 25.5. The minimum absolute atomic E-state index is 0.0958. The van der Waals surface area contributed by atoms with Gasteiger partial charge in [-0.05, 0) is 50.0 Å². The van der Waals surface area contributed by atoms with Gasteiger partial charge in [-0.25, -0.2) is 19.5 Å². The SMILES string of the molecule is C[C@H]1CC(Cc2ncccn2)CCC[C@@H]1c1nn2c(C3CCOCC3)ncc2c(=O)[nH]1. The van der Waals surface area contributed by atoms with Gasteiger partial charge in [-0.15, -0.1) is 0 Å². The van der Waals surface area contributed by atoms with Crippen LogP contribution in [0.15, 0.2) is 29.5 Å². The van der Waals surface area contributed by atoms with Crippen molar-refractivity contribution in [2.75, 3.05) is 13.2 Å². The highest BCUT2D eigenvalue weighted by Gasteiger charge is 2.30. The summed E-state index contributed by atoms with van der Waals surface area (Å²) in [4.78, 5) is 29.3. The van der Waals surface area contributed by atoms with Crippen molar-refractivity contribution in [1.82, 2.24) is 29.5 Å².